The predicted octanol–water partition coefficient (Wildman–Crippen LogP) is 3.00. The molecule has 1 aromatic heterocycles. The van der Waals surface area contributed by atoms with Crippen molar-refractivity contribution in [2.24, 2.45) is 17.8 Å². The summed E-state index contributed by atoms with van der Waals surface area (Å²) in [6.45, 7) is 9.22. The van der Waals surface area contributed by atoms with Crippen molar-refractivity contribution in [3.63, 3.8) is 0 Å². The van der Waals surface area contributed by atoms with Crippen molar-refractivity contribution in [2.75, 3.05) is 22.4 Å². The molecule has 182 valence electrons. The number of imidazole rings is 1. The van der Waals surface area contributed by atoms with Gasteiger partial charge in [0.05, 0.1) is 10.6 Å². The zero-order chi connectivity index (χ0) is 24.5. The molecule has 1 saturated carbocycles. The predicted molar refractivity (Wildman–Crippen MR) is 128 cm³/mol. The highest BCUT2D eigenvalue weighted by atomic mass is 32.2. The normalized spacial score (nSPS) is 21.2. The molecule has 1 aliphatic rings. The fourth-order valence-electron chi connectivity index (χ4n) is 4.49. The van der Waals surface area contributed by atoms with E-state index in [4.69, 9.17) is 16.3 Å². The molecule has 1 heterocycles. The third kappa shape index (κ3) is 5.26. The molecule has 10 heteroatoms. The van der Waals surface area contributed by atoms with Gasteiger partial charge < -0.3 is 16.3 Å². The number of hydrogen-bond donors (Lipinski definition) is 2. The van der Waals surface area contributed by atoms with Gasteiger partial charge in [-0.25, -0.2) is 22.4 Å². The van der Waals surface area contributed by atoms with E-state index in [0.29, 0.717) is 29.0 Å². The van der Waals surface area contributed by atoms with Gasteiger partial charge in [0, 0.05) is 5.69 Å². The summed E-state index contributed by atoms with van der Waals surface area (Å²) in [5.41, 5.74) is 6.58. The highest BCUT2D eigenvalue weighted by Crippen LogP contribution is 2.35. The average Bonchev–Trinajstić information content (AvgIpc) is 2.99. The lowest BCUT2D eigenvalue weighted by Crippen LogP contribution is -2.41. The summed E-state index contributed by atoms with van der Waals surface area (Å²) in [6.07, 6.45) is 2.62. The summed E-state index contributed by atoms with van der Waals surface area (Å²) in [4.78, 5) is 17.4. The van der Waals surface area contributed by atoms with E-state index >= 15 is 0 Å². The number of benzene rings is 1. The zero-order valence-electron chi connectivity index (χ0n) is 20.0. The van der Waals surface area contributed by atoms with Crippen molar-refractivity contribution in [1.29, 1.82) is 0 Å². The van der Waals surface area contributed by atoms with Crippen LogP contribution in [0.5, 0.6) is 0 Å². The lowest BCUT2D eigenvalue weighted by atomic mass is 9.75. The third-order valence-corrected chi connectivity index (χ3v) is 8.27. The SMILES string of the molecule is Cc1nc(N(CC(=O)OC2CC(C)CCC2C(C)C)S(=O)(=O)c2ccc(N)cc2)c(C)n1N. The Kier molecular flexibility index (Phi) is 7.26. The second-order valence-electron chi connectivity index (χ2n) is 9.37. The highest BCUT2D eigenvalue weighted by molar-refractivity contribution is 7.92. The van der Waals surface area contributed by atoms with Crippen LogP contribution in [0.4, 0.5) is 11.5 Å². The van der Waals surface area contributed by atoms with Crippen LogP contribution in [0.2, 0.25) is 0 Å². The number of ether oxygens (including phenoxy) is 1. The van der Waals surface area contributed by atoms with Gasteiger partial charge in [0.1, 0.15) is 18.5 Å². The average molecular weight is 478 g/mol. The number of nitrogen functional groups attached to an aromatic ring is 2. The largest absolute Gasteiger partial charge is 0.461 e. The monoisotopic (exact) mass is 477 g/mol. The molecule has 0 spiro atoms. The lowest BCUT2D eigenvalue weighted by Gasteiger charge is -2.37. The van der Waals surface area contributed by atoms with Crippen LogP contribution in [0.3, 0.4) is 0 Å². The van der Waals surface area contributed by atoms with Gasteiger partial charge in [-0.1, -0.05) is 27.2 Å². The van der Waals surface area contributed by atoms with Crippen LogP contribution < -0.4 is 15.9 Å². The van der Waals surface area contributed by atoms with Crippen LogP contribution in [0.25, 0.3) is 0 Å². The molecule has 1 aliphatic carbocycles. The van der Waals surface area contributed by atoms with E-state index in [1.165, 1.54) is 28.9 Å². The van der Waals surface area contributed by atoms with E-state index in [1.54, 1.807) is 13.8 Å². The third-order valence-electron chi connectivity index (χ3n) is 6.52. The molecule has 2 aromatic rings. The Hall–Kier alpha value is -2.75. The van der Waals surface area contributed by atoms with Gasteiger partial charge in [-0.2, -0.15) is 0 Å². The quantitative estimate of drug-likeness (QED) is 0.356. The van der Waals surface area contributed by atoms with E-state index < -0.39 is 22.5 Å². The second-order valence-corrected chi connectivity index (χ2v) is 11.2. The van der Waals surface area contributed by atoms with E-state index in [1.807, 2.05) is 0 Å². The summed E-state index contributed by atoms with van der Waals surface area (Å²) in [5, 5.41) is 0. The van der Waals surface area contributed by atoms with Crippen molar-refractivity contribution in [1.82, 2.24) is 9.66 Å². The fourth-order valence-corrected chi connectivity index (χ4v) is 5.90. The summed E-state index contributed by atoms with van der Waals surface area (Å²) in [5.74, 6) is 6.97. The Morgan fingerprint density at radius 1 is 1.24 bits per heavy atom. The van der Waals surface area contributed by atoms with Crippen molar-refractivity contribution in [2.45, 2.75) is 64.9 Å². The first-order valence-corrected chi connectivity index (χ1v) is 12.7. The fraction of sp³-hybridized carbons (Fsp3) is 0.565. The molecule has 3 rings (SSSR count). The Bertz CT molecular complexity index is 1090. The van der Waals surface area contributed by atoms with Gasteiger partial charge in [0.25, 0.3) is 10.0 Å². The highest BCUT2D eigenvalue weighted by Gasteiger charge is 2.36. The van der Waals surface area contributed by atoms with Crippen LogP contribution in [-0.4, -0.2) is 36.7 Å². The van der Waals surface area contributed by atoms with Crippen molar-refractivity contribution >= 4 is 27.5 Å². The molecule has 4 N–H and O–H groups in total. The summed E-state index contributed by atoms with van der Waals surface area (Å²) in [7, 11) is -4.13. The molecular weight excluding hydrogens is 442 g/mol. The number of aromatic nitrogens is 2. The first-order chi connectivity index (χ1) is 15.4. The van der Waals surface area contributed by atoms with Crippen LogP contribution in [0.1, 0.15) is 51.6 Å². The lowest BCUT2D eigenvalue weighted by molar-refractivity contribution is -0.153. The Morgan fingerprint density at radius 3 is 2.42 bits per heavy atom. The summed E-state index contributed by atoms with van der Waals surface area (Å²) in [6, 6.07) is 5.81. The molecule has 0 aliphatic heterocycles. The van der Waals surface area contributed by atoms with Crippen LogP contribution in [-0.2, 0) is 19.6 Å². The standard InChI is InChI=1S/C23H35N5O4S/c1-14(2)20-11-6-15(3)12-21(20)32-22(29)13-27(23-16(4)28(25)17(5)26-23)33(30,31)19-9-7-18(24)8-10-19/h7-10,14-15,20-21H,6,11-13,24-25H2,1-5H3. The van der Waals surface area contributed by atoms with Crippen molar-refractivity contribution < 1.29 is 17.9 Å². The van der Waals surface area contributed by atoms with Crippen LogP contribution in [0.15, 0.2) is 29.2 Å². The van der Waals surface area contributed by atoms with E-state index in [0.717, 1.165) is 23.6 Å². The molecule has 0 radical (unpaired) electrons. The number of carbonyl (C=O) groups is 1. The van der Waals surface area contributed by atoms with Crippen molar-refractivity contribution in [3.8, 4) is 0 Å². The molecule has 0 saturated heterocycles. The van der Waals surface area contributed by atoms with E-state index in [2.05, 4.69) is 25.8 Å². The number of esters is 1. The maximum absolute atomic E-state index is 13.6. The Labute approximate surface area is 196 Å². The Balaban J connectivity index is 1.93. The van der Waals surface area contributed by atoms with Gasteiger partial charge in [0.2, 0.25) is 0 Å². The van der Waals surface area contributed by atoms with Gasteiger partial charge in [-0.15, -0.1) is 0 Å². The molecular formula is C23H35N5O4S. The van der Waals surface area contributed by atoms with Crippen LogP contribution in [0, 0.1) is 31.6 Å². The number of nitrogens with zero attached hydrogens (tertiary/aromatic N) is 3. The van der Waals surface area contributed by atoms with Gasteiger partial charge >= 0.3 is 5.97 Å². The summed E-state index contributed by atoms with van der Waals surface area (Å²) < 4.78 is 35.3. The molecule has 1 fully saturated rings. The zero-order valence-corrected chi connectivity index (χ0v) is 20.8. The number of nitrogens with two attached hydrogens (primary N) is 2. The number of anilines is 2. The number of hydrogen-bond acceptors (Lipinski definition) is 7. The Morgan fingerprint density at radius 2 is 1.88 bits per heavy atom. The first-order valence-electron chi connectivity index (χ1n) is 11.3. The number of aryl methyl sites for hydroxylation is 1. The minimum Gasteiger partial charge on any atom is -0.461 e. The maximum atomic E-state index is 13.6. The number of carbonyl (C=O) groups excluding carboxylic acids is 1. The van der Waals surface area contributed by atoms with E-state index in [-0.39, 0.29) is 22.7 Å². The first kappa shape index (κ1) is 24.9. The molecule has 33 heavy (non-hydrogen) atoms. The number of rotatable bonds is 7. The minimum atomic E-state index is -4.13. The van der Waals surface area contributed by atoms with Gasteiger partial charge in [-0.3, -0.25) is 4.79 Å². The van der Waals surface area contributed by atoms with Gasteiger partial charge in [-0.05, 0) is 68.7 Å². The van der Waals surface area contributed by atoms with E-state index in [9.17, 15) is 13.2 Å². The van der Waals surface area contributed by atoms with Gasteiger partial charge in [0.15, 0.2) is 5.82 Å². The molecule has 0 bridgehead atoms. The topological polar surface area (TPSA) is 134 Å². The summed E-state index contributed by atoms with van der Waals surface area (Å²) >= 11 is 0. The van der Waals surface area contributed by atoms with Crippen LogP contribution >= 0.6 is 0 Å². The maximum Gasteiger partial charge on any atom is 0.327 e. The van der Waals surface area contributed by atoms with Crippen molar-refractivity contribution in [3.05, 3.63) is 35.8 Å². The smallest absolute Gasteiger partial charge is 0.327 e. The molecule has 1 aromatic carbocycles. The number of sulfonamides is 1. The second kappa shape index (κ2) is 9.62. The molecule has 0 amide bonds. The molecule has 3 unspecified atom stereocenters. The molecule has 9 nitrogen and oxygen atoms in total. The minimum absolute atomic E-state index is 0.000491. The molecule has 3 atom stereocenters.